The Hall–Kier alpha value is 0.350. The molecule has 0 saturated carbocycles. The Balaban J connectivity index is 2.03. The van der Waals surface area contributed by atoms with E-state index in [-0.39, 0.29) is 18.8 Å². The second-order valence-corrected chi connectivity index (χ2v) is 8.17. The van der Waals surface area contributed by atoms with Crippen LogP contribution in [0.4, 0.5) is 0 Å². The maximum Gasteiger partial charge on any atom is 0.169 e. The summed E-state index contributed by atoms with van der Waals surface area (Å²) in [6.07, 6.45) is 7.51. The summed E-state index contributed by atoms with van der Waals surface area (Å²) >= 11 is 2.34. The molecular formula is C16H27IO3. The quantitative estimate of drug-likeness (QED) is 0.735. The smallest absolute Gasteiger partial charge is 0.169 e. The summed E-state index contributed by atoms with van der Waals surface area (Å²) in [5.41, 5.74) is 0. The Morgan fingerprint density at radius 2 is 1.75 bits per heavy atom. The standard InChI is InChI=1S/C16H27IO3/c1-11-6-8-16(19-14(11)5-4-13(3)17)9-7-12(2)15(10-18)20-16/h4,11-12,14-15,18H,5-10H2,1-3H3/b13-4+/t11-,12-,14+,15-,16+/m0/s1. The van der Waals surface area contributed by atoms with E-state index in [0.29, 0.717) is 11.8 Å². The first-order valence-electron chi connectivity index (χ1n) is 7.74. The van der Waals surface area contributed by atoms with Gasteiger partial charge in [-0.05, 0) is 64.2 Å². The number of hydrogen-bond acceptors (Lipinski definition) is 3. The lowest BCUT2D eigenvalue weighted by Gasteiger charge is -2.49. The normalized spacial score (nSPS) is 43.0. The van der Waals surface area contributed by atoms with Gasteiger partial charge in [0.05, 0.1) is 18.8 Å². The molecule has 0 amide bonds. The Morgan fingerprint density at radius 3 is 2.30 bits per heavy atom. The first-order valence-corrected chi connectivity index (χ1v) is 8.82. The summed E-state index contributed by atoms with van der Waals surface area (Å²) in [4.78, 5) is 0. The van der Waals surface area contributed by atoms with Crippen molar-refractivity contribution in [3.05, 3.63) is 9.66 Å². The molecule has 4 heteroatoms. The van der Waals surface area contributed by atoms with E-state index in [1.165, 1.54) is 3.58 Å². The van der Waals surface area contributed by atoms with Crippen LogP contribution in [0.15, 0.2) is 9.66 Å². The van der Waals surface area contributed by atoms with E-state index in [2.05, 4.69) is 49.4 Å². The summed E-state index contributed by atoms with van der Waals surface area (Å²) < 4.78 is 13.9. The fourth-order valence-corrected chi connectivity index (χ4v) is 3.47. The summed E-state index contributed by atoms with van der Waals surface area (Å²) in [5, 5.41) is 9.48. The average molecular weight is 394 g/mol. The third kappa shape index (κ3) is 3.96. The number of rotatable bonds is 3. The predicted molar refractivity (Wildman–Crippen MR) is 88.8 cm³/mol. The van der Waals surface area contributed by atoms with Crippen molar-refractivity contribution >= 4 is 22.6 Å². The van der Waals surface area contributed by atoms with Crippen LogP contribution < -0.4 is 0 Å². The molecule has 116 valence electrons. The van der Waals surface area contributed by atoms with Crippen molar-refractivity contribution < 1.29 is 14.6 Å². The Morgan fingerprint density at radius 1 is 1.20 bits per heavy atom. The first-order chi connectivity index (χ1) is 9.46. The fourth-order valence-electron chi connectivity index (χ4n) is 3.22. The molecule has 0 unspecified atom stereocenters. The number of aliphatic hydroxyl groups is 1. The van der Waals surface area contributed by atoms with Gasteiger partial charge in [0.25, 0.3) is 0 Å². The highest BCUT2D eigenvalue weighted by Crippen LogP contribution is 2.43. The minimum Gasteiger partial charge on any atom is -0.394 e. The van der Waals surface area contributed by atoms with Gasteiger partial charge in [0.15, 0.2) is 5.79 Å². The highest BCUT2D eigenvalue weighted by molar-refractivity contribution is 14.1. The van der Waals surface area contributed by atoms with Gasteiger partial charge in [-0.3, -0.25) is 0 Å². The van der Waals surface area contributed by atoms with E-state index in [9.17, 15) is 5.11 Å². The number of allylic oxidation sites excluding steroid dienone is 1. The van der Waals surface area contributed by atoms with Gasteiger partial charge < -0.3 is 14.6 Å². The molecule has 0 bridgehead atoms. The Labute approximate surface area is 136 Å². The van der Waals surface area contributed by atoms with Crippen LogP contribution in [0.2, 0.25) is 0 Å². The summed E-state index contributed by atoms with van der Waals surface area (Å²) in [7, 11) is 0. The molecule has 1 N–H and O–H groups in total. The Kier molecular flexibility index (Phi) is 5.91. The maximum absolute atomic E-state index is 9.48. The van der Waals surface area contributed by atoms with Crippen LogP contribution in [0.1, 0.15) is 52.9 Å². The van der Waals surface area contributed by atoms with Gasteiger partial charge in [-0.25, -0.2) is 0 Å². The molecule has 0 aromatic heterocycles. The zero-order chi connectivity index (χ0) is 14.8. The van der Waals surface area contributed by atoms with Gasteiger partial charge in [0, 0.05) is 12.8 Å². The number of ether oxygens (including phenoxy) is 2. The van der Waals surface area contributed by atoms with E-state index in [0.717, 1.165) is 32.1 Å². The molecule has 3 nitrogen and oxygen atoms in total. The molecule has 20 heavy (non-hydrogen) atoms. The largest absolute Gasteiger partial charge is 0.394 e. The van der Waals surface area contributed by atoms with Crippen LogP contribution in [0, 0.1) is 11.8 Å². The maximum atomic E-state index is 9.48. The molecule has 0 aliphatic carbocycles. The van der Waals surface area contributed by atoms with Crippen LogP contribution in [-0.2, 0) is 9.47 Å². The van der Waals surface area contributed by atoms with E-state index in [1.807, 2.05) is 0 Å². The first kappa shape index (κ1) is 16.7. The monoisotopic (exact) mass is 394 g/mol. The molecule has 2 rings (SSSR count). The van der Waals surface area contributed by atoms with Gasteiger partial charge >= 0.3 is 0 Å². The van der Waals surface area contributed by atoms with Gasteiger partial charge in [-0.15, -0.1) is 0 Å². The third-order valence-electron chi connectivity index (χ3n) is 4.77. The molecule has 5 atom stereocenters. The minimum absolute atomic E-state index is 0.0698. The molecular weight excluding hydrogens is 367 g/mol. The average Bonchev–Trinajstić information content (AvgIpc) is 2.43. The molecule has 2 saturated heterocycles. The second kappa shape index (κ2) is 7.07. The zero-order valence-corrected chi connectivity index (χ0v) is 14.9. The second-order valence-electron chi connectivity index (χ2n) is 6.46. The SMILES string of the molecule is C/C(I)=C\C[C@H]1O[C@]2(CC[C@H](C)[C@H](CO)O2)CC[C@@H]1C. The zero-order valence-electron chi connectivity index (χ0n) is 12.8. The van der Waals surface area contributed by atoms with Crippen molar-refractivity contribution in [3.8, 4) is 0 Å². The van der Waals surface area contributed by atoms with Crippen LogP contribution in [0.5, 0.6) is 0 Å². The van der Waals surface area contributed by atoms with Crippen LogP contribution in [-0.4, -0.2) is 29.7 Å². The van der Waals surface area contributed by atoms with Crippen molar-refractivity contribution in [1.82, 2.24) is 0 Å². The number of hydrogen-bond donors (Lipinski definition) is 1. The van der Waals surface area contributed by atoms with Crippen molar-refractivity contribution in [2.24, 2.45) is 11.8 Å². The van der Waals surface area contributed by atoms with Crippen molar-refractivity contribution in [3.63, 3.8) is 0 Å². The molecule has 2 fully saturated rings. The topological polar surface area (TPSA) is 38.7 Å². The third-order valence-corrected chi connectivity index (χ3v) is 5.21. The lowest BCUT2D eigenvalue weighted by atomic mass is 9.84. The van der Waals surface area contributed by atoms with E-state index in [1.54, 1.807) is 0 Å². The summed E-state index contributed by atoms with van der Waals surface area (Å²) in [5.74, 6) is 0.552. The molecule has 2 heterocycles. The molecule has 1 spiro atoms. The lowest BCUT2D eigenvalue weighted by molar-refractivity contribution is -0.333. The van der Waals surface area contributed by atoms with Crippen molar-refractivity contribution in [1.29, 1.82) is 0 Å². The highest BCUT2D eigenvalue weighted by atomic mass is 127. The minimum atomic E-state index is -0.440. The summed E-state index contributed by atoms with van der Waals surface area (Å²) in [6, 6.07) is 0. The predicted octanol–water partition coefficient (Wildman–Crippen LogP) is 4.03. The van der Waals surface area contributed by atoms with E-state index >= 15 is 0 Å². The molecule has 0 aromatic rings. The van der Waals surface area contributed by atoms with E-state index < -0.39 is 5.79 Å². The van der Waals surface area contributed by atoms with Crippen LogP contribution >= 0.6 is 22.6 Å². The highest BCUT2D eigenvalue weighted by Gasteiger charge is 2.46. The molecule has 0 radical (unpaired) electrons. The van der Waals surface area contributed by atoms with Crippen molar-refractivity contribution in [2.75, 3.05) is 6.61 Å². The van der Waals surface area contributed by atoms with Gasteiger partial charge in [0.1, 0.15) is 0 Å². The van der Waals surface area contributed by atoms with E-state index in [4.69, 9.17) is 9.47 Å². The molecule has 0 aromatic carbocycles. The van der Waals surface area contributed by atoms with Crippen molar-refractivity contribution in [2.45, 2.75) is 70.9 Å². The fraction of sp³-hybridized carbons (Fsp3) is 0.875. The van der Waals surface area contributed by atoms with Gasteiger partial charge in [0.2, 0.25) is 0 Å². The summed E-state index contributed by atoms with van der Waals surface area (Å²) in [6.45, 7) is 6.63. The molecule has 2 aliphatic rings. The van der Waals surface area contributed by atoms with Gasteiger partial charge in [-0.2, -0.15) is 0 Å². The molecule has 2 aliphatic heterocycles. The lowest BCUT2D eigenvalue weighted by Crippen LogP contribution is -2.52. The van der Waals surface area contributed by atoms with Gasteiger partial charge in [-0.1, -0.05) is 19.9 Å². The number of halogens is 1. The Bertz CT molecular complexity index is 350. The van der Waals surface area contributed by atoms with Crippen LogP contribution in [0.3, 0.4) is 0 Å². The number of aliphatic hydroxyl groups excluding tert-OH is 1. The van der Waals surface area contributed by atoms with Crippen LogP contribution in [0.25, 0.3) is 0 Å².